The zero-order chi connectivity index (χ0) is 27.2. The number of unbranched alkanes of at least 4 members (excludes halogenated alkanes) is 1. The maximum absolute atomic E-state index is 4.75. The van der Waals surface area contributed by atoms with E-state index in [-0.39, 0.29) is 4.75 Å². The van der Waals surface area contributed by atoms with Gasteiger partial charge >= 0.3 is 0 Å². The van der Waals surface area contributed by atoms with Gasteiger partial charge in [-0.15, -0.1) is 0 Å². The van der Waals surface area contributed by atoms with Crippen LogP contribution in [-0.4, -0.2) is 17.5 Å². The minimum Gasteiger partial charge on any atom is -0.200 e. The van der Waals surface area contributed by atoms with Crippen molar-refractivity contribution in [2.45, 2.75) is 83.3 Å². The van der Waals surface area contributed by atoms with Crippen LogP contribution in [0, 0.1) is 5.92 Å². The molecular formula is C37H48S. The molecule has 1 fully saturated rings. The molecule has 1 saturated carbocycles. The highest BCUT2D eigenvalue weighted by atomic mass is 32.2. The Bertz CT molecular complexity index is 1290. The van der Waals surface area contributed by atoms with Gasteiger partial charge in [0.1, 0.15) is 0 Å². The lowest BCUT2D eigenvalue weighted by Gasteiger charge is -2.40. The van der Waals surface area contributed by atoms with Crippen molar-refractivity contribution in [1.29, 1.82) is 0 Å². The molecule has 0 aliphatic heterocycles. The van der Waals surface area contributed by atoms with Crippen molar-refractivity contribution in [3.05, 3.63) is 102 Å². The average molecular weight is 525 g/mol. The van der Waals surface area contributed by atoms with Gasteiger partial charge in [-0.25, -0.2) is 9.21 Å². The van der Waals surface area contributed by atoms with Gasteiger partial charge in [-0.3, -0.25) is 0 Å². The third-order valence-corrected chi connectivity index (χ3v) is 11.9. The molecular weight excluding hydrogens is 476 g/mol. The Morgan fingerprint density at radius 3 is 1.76 bits per heavy atom. The number of hydrogen-bond acceptors (Lipinski definition) is 0. The largest absolute Gasteiger partial charge is 0.200 e. The lowest BCUT2D eigenvalue weighted by Crippen LogP contribution is -2.26. The summed E-state index contributed by atoms with van der Waals surface area (Å²) in [4.78, 5) is 0. The molecule has 0 radical (unpaired) electrons. The summed E-state index contributed by atoms with van der Waals surface area (Å²) in [6.45, 7) is 10.9. The van der Waals surface area contributed by atoms with Crippen molar-refractivity contribution in [3.8, 4) is 11.1 Å². The predicted molar refractivity (Wildman–Crippen MR) is 176 cm³/mol. The van der Waals surface area contributed by atoms with E-state index >= 15 is 0 Å². The van der Waals surface area contributed by atoms with Crippen LogP contribution in [-0.2, 0) is 11.2 Å². The number of allylic oxidation sites excluding steroid dienone is 1. The normalized spacial score (nSPS) is 16.7. The summed E-state index contributed by atoms with van der Waals surface area (Å²) in [5.74, 6) is 11.7. The van der Waals surface area contributed by atoms with Gasteiger partial charge < -0.3 is 0 Å². The van der Waals surface area contributed by atoms with Crippen LogP contribution in [0.15, 0.2) is 79.4 Å². The summed E-state index contributed by atoms with van der Waals surface area (Å²) < 4.78 is 0.0180. The fraction of sp³-hybridized carbons (Fsp3) is 0.405. The van der Waals surface area contributed by atoms with Gasteiger partial charge in [-0.05, 0) is 76.3 Å². The average Bonchev–Trinajstić information content (AvgIpc) is 3.44. The summed E-state index contributed by atoms with van der Waals surface area (Å²) in [5.41, 5.74) is 9.89. The van der Waals surface area contributed by atoms with Gasteiger partial charge in [0.2, 0.25) is 0 Å². The highest BCUT2D eigenvalue weighted by Gasteiger charge is 2.44. The minimum atomic E-state index is -1.27. The minimum absolute atomic E-state index is 0.0180. The number of hydrogen-bond donors (Lipinski definition) is 0. The molecule has 0 bridgehead atoms. The van der Waals surface area contributed by atoms with Crippen molar-refractivity contribution in [2.24, 2.45) is 5.92 Å². The Labute approximate surface area is 233 Å². The molecule has 202 valence electrons. The van der Waals surface area contributed by atoms with Crippen molar-refractivity contribution in [2.75, 3.05) is 5.75 Å². The smallest absolute Gasteiger partial charge is 0.0570 e. The van der Waals surface area contributed by atoms with Crippen LogP contribution in [0.2, 0.25) is 0 Å². The number of benzene rings is 3. The fourth-order valence-corrected chi connectivity index (χ4v) is 9.42. The summed E-state index contributed by atoms with van der Waals surface area (Å²) >= 11 is 0. The Hall–Kier alpha value is -2.51. The Morgan fingerprint density at radius 2 is 1.29 bits per heavy atom. The van der Waals surface area contributed by atoms with Crippen LogP contribution < -0.4 is 0 Å². The Kier molecular flexibility index (Phi) is 9.42. The standard InChI is InChI=1S/C22H28S.C10H10.C5H10/c1-5-7-17-23(3,4)22(16-6-2)20-14-10-8-12-18(20)19-13-9-11-15-21(19)22;1-8-6-7-9-4-2-3-5-10(8)9;1-5-3-2-4-5/h8-15H,3-7,16-17H2,1-2H3;2-5H,1,6-7H2;5H,2-4H2,1H3. The van der Waals surface area contributed by atoms with Crippen molar-refractivity contribution in [1.82, 2.24) is 0 Å². The van der Waals surface area contributed by atoms with Gasteiger partial charge in [0.25, 0.3) is 0 Å². The topological polar surface area (TPSA) is 0 Å². The molecule has 6 rings (SSSR count). The number of rotatable bonds is 6. The molecule has 3 aliphatic rings. The SMILES string of the molecule is C=C1CCc2ccccc21.C=S(=C)(CCCC)C1(CCC)c2ccccc2-c2ccccc21.CC1CCC1. The second kappa shape index (κ2) is 12.6. The lowest BCUT2D eigenvalue weighted by molar-refractivity contribution is 0.346. The molecule has 3 aromatic carbocycles. The van der Waals surface area contributed by atoms with E-state index in [0.717, 1.165) is 30.9 Å². The van der Waals surface area contributed by atoms with Gasteiger partial charge in [-0.1, -0.05) is 144 Å². The maximum Gasteiger partial charge on any atom is 0.0570 e. The second-order valence-corrected chi connectivity index (χ2v) is 14.8. The van der Waals surface area contributed by atoms with E-state index in [9.17, 15) is 0 Å². The van der Waals surface area contributed by atoms with Gasteiger partial charge in [-0.2, -0.15) is 0 Å². The molecule has 0 saturated heterocycles. The third-order valence-electron chi connectivity index (χ3n) is 8.73. The Balaban J connectivity index is 0.000000181. The molecule has 0 nitrogen and oxygen atoms in total. The summed E-state index contributed by atoms with van der Waals surface area (Å²) in [5, 5.41) is 0. The first-order valence-corrected chi connectivity index (χ1v) is 16.9. The lowest BCUT2D eigenvalue weighted by atomic mass is 9.88. The van der Waals surface area contributed by atoms with Crippen LogP contribution in [0.25, 0.3) is 16.7 Å². The third kappa shape index (κ3) is 5.59. The first-order valence-electron chi connectivity index (χ1n) is 14.8. The maximum atomic E-state index is 4.75. The summed E-state index contributed by atoms with van der Waals surface area (Å²) in [7, 11) is -1.27. The quantitative estimate of drug-likeness (QED) is 0.281. The van der Waals surface area contributed by atoms with E-state index in [1.54, 1.807) is 0 Å². The molecule has 0 unspecified atom stereocenters. The van der Waals surface area contributed by atoms with E-state index in [2.05, 4.69) is 100 Å². The van der Waals surface area contributed by atoms with Crippen LogP contribution in [0.1, 0.15) is 94.4 Å². The zero-order valence-electron chi connectivity index (χ0n) is 24.1. The van der Waals surface area contributed by atoms with Crippen LogP contribution in [0.3, 0.4) is 0 Å². The molecule has 1 heteroatoms. The van der Waals surface area contributed by atoms with Gasteiger partial charge in [0, 0.05) is 0 Å². The van der Waals surface area contributed by atoms with Gasteiger partial charge in [0.15, 0.2) is 0 Å². The molecule has 0 N–H and O–H groups in total. The van der Waals surface area contributed by atoms with Crippen LogP contribution >= 0.6 is 9.21 Å². The first kappa shape index (κ1) is 28.5. The monoisotopic (exact) mass is 524 g/mol. The summed E-state index contributed by atoms with van der Waals surface area (Å²) in [6.07, 6.45) is 11.5. The molecule has 38 heavy (non-hydrogen) atoms. The Morgan fingerprint density at radius 1 is 0.763 bits per heavy atom. The molecule has 0 aromatic heterocycles. The van der Waals surface area contributed by atoms with E-state index in [4.69, 9.17) is 11.7 Å². The predicted octanol–water partition coefficient (Wildman–Crippen LogP) is 10.6. The van der Waals surface area contributed by atoms with Gasteiger partial charge in [0.05, 0.1) is 4.75 Å². The second-order valence-electron chi connectivity index (χ2n) is 11.6. The van der Waals surface area contributed by atoms with E-state index in [1.165, 1.54) is 77.5 Å². The van der Waals surface area contributed by atoms with Crippen LogP contribution in [0.4, 0.5) is 0 Å². The van der Waals surface area contributed by atoms with E-state index in [0.29, 0.717) is 0 Å². The zero-order valence-corrected chi connectivity index (χ0v) is 24.9. The molecule has 0 atom stereocenters. The molecule has 3 aliphatic carbocycles. The summed E-state index contributed by atoms with van der Waals surface area (Å²) in [6, 6.07) is 26.4. The number of aryl methyl sites for hydroxylation is 1. The molecule has 3 aromatic rings. The fourth-order valence-electron chi connectivity index (χ4n) is 6.30. The number of fused-ring (bicyclic) bond motifs is 4. The van der Waals surface area contributed by atoms with Crippen molar-refractivity contribution in [3.63, 3.8) is 0 Å². The van der Waals surface area contributed by atoms with Crippen molar-refractivity contribution >= 4 is 26.5 Å². The highest BCUT2D eigenvalue weighted by molar-refractivity contribution is 8.28. The van der Waals surface area contributed by atoms with E-state index < -0.39 is 9.21 Å². The van der Waals surface area contributed by atoms with Crippen LogP contribution in [0.5, 0.6) is 0 Å². The molecule has 0 heterocycles. The van der Waals surface area contributed by atoms with E-state index in [1.807, 2.05) is 0 Å². The molecule has 0 spiro atoms. The molecule has 0 amide bonds. The van der Waals surface area contributed by atoms with Crippen molar-refractivity contribution < 1.29 is 0 Å². The highest BCUT2D eigenvalue weighted by Crippen LogP contribution is 2.62. The first-order chi connectivity index (χ1) is 18.4.